The summed E-state index contributed by atoms with van der Waals surface area (Å²) in [5.41, 5.74) is 0.520. The number of nitrogens with zero attached hydrogens (tertiary/aromatic N) is 1. The van der Waals surface area contributed by atoms with Crippen LogP contribution < -0.4 is 9.47 Å². The average molecular weight is 330 g/mol. The van der Waals surface area contributed by atoms with Gasteiger partial charge in [-0.3, -0.25) is 4.79 Å². The van der Waals surface area contributed by atoms with Crippen LogP contribution >= 0.6 is 15.9 Å². The van der Waals surface area contributed by atoms with Gasteiger partial charge in [-0.15, -0.1) is 0 Å². The fraction of sp³-hybridized carbons (Fsp3) is 0.500. The molecule has 1 aromatic carbocycles. The number of para-hydroxylation sites is 1. The lowest BCUT2D eigenvalue weighted by molar-refractivity contribution is 0.0790. The first-order valence-electron chi connectivity index (χ1n) is 6.11. The van der Waals surface area contributed by atoms with Crippen LogP contribution in [0.25, 0.3) is 0 Å². The van der Waals surface area contributed by atoms with Gasteiger partial charge in [0.15, 0.2) is 11.5 Å². The van der Waals surface area contributed by atoms with Gasteiger partial charge in [-0.2, -0.15) is 0 Å². The van der Waals surface area contributed by atoms with Crippen LogP contribution in [-0.4, -0.2) is 43.4 Å². The molecule has 1 amide bonds. The number of carbonyl (C=O) groups excluding carboxylic acids is 1. The monoisotopic (exact) mass is 329 g/mol. The van der Waals surface area contributed by atoms with E-state index < -0.39 is 0 Å². The highest BCUT2D eigenvalue weighted by Gasteiger charge is 2.19. The Hall–Kier alpha value is -1.23. The summed E-state index contributed by atoms with van der Waals surface area (Å²) in [6.07, 6.45) is 0.897. The predicted molar refractivity (Wildman–Crippen MR) is 79.5 cm³/mol. The van der Waals surface area contributed by atoms with Crippen LogP contribution in [0.2, 0.25) is 0 Å². The third kappa shape index (κ3) is 4.13. The van der Waals surface area contributed by atoms with Crippen molar-refractivity contribution < 1.29 is 14.3 Å². The van der Waals surface area contributed by atoms with Crippen molar-refractivity contribution in [2.45, 2.75) is 18.2 Å². The average Bonchev–Trinajstić information content (AvgIpc) is 2.42. The Labute approximate surface area is 122 Å². The zero-order valence-electron chi connectivity index (χ0n) is 11.8. The molecule has 1 rings (SSSR count). The highest BCUT2D eigenvalue weighted by Crippen LogP contribution is 2.31. The highest BCUT2D eigenvalue weighted by atomic mass is 79.9. The minimum atomic E-state index is -0.0658. The lowest BCUT2D eigenvalue weighted by Crippen LogP contribution is -2.29. The van der Waals surface area contributed by atoms with Gasteiger partial charge in [-0.1, -0.05) is 28.9 Å². The van der Waals surface area contributed by atoms with E-state index in [1.165, 1.54) is 7.11 Å². The SMILES string of the molecule is COc1cccc(C(=O)N(C)CCC(C)Br)c1OC. The summed E-state index contributed by atoms with van der Waals surface area (Å²) in [6.45, 7) is 2.75. The first-order valence-corrected chi connectivity index (χ1v) is 7.03. The van der Waals surface area contributed by atoms with Crippen molar-refractivity contribution >= 4 is 21.8 Å². The number of rotatable bonds is 6. The van der Waals surface area contributed by atoms with Gasteiger partial charge in [0.05, 0.1) is 19.8 Å². The van der Waals surface area contributed by atoms with Gasteiger partial charge in [0.2, 0.25) is 0 Å². The van der Waals surface area contributed by atoms with E-state index in [0.29, 0.717) is 28.4 Å². The smallest absolute Gasteiger partial charge is 0.257 e. The largest absolute Gasteiger partial charge is 0.493 e. The highest BCUT2D eigenvalue weighted by molar-refractivity contribution is 9.09. The minimum Gasteiger partial charge on any atom is -0.493 e. The topological polar surface area (TPSA) is 38.8 Å². The van der Waals surface area contributed by atoms with Gasteiger partial charge >= 0.3 is 0 Å². The van der Waals surface area contributed by atoms with Gasteiger partial charge < -0.3 is 14.4 Å². The van der Waals surface area contributed by atoms with Crippen molar-refractivity contribution in [1.29, 1.82) is 0 Å². The lowest BCUT2D eigenvalue weighted by atomic mass is 10.1. The second-order valence-electron chi connectivity index (χ2n) is 4.34. The third-order valence-electron chi connectivity index (χ3n) is 2.84. The fourth-order valence-electron chi connectivity index (χ4n) is 1.73. The molecule has 1 aromatic rings. The molecule has 19 heavy (non-hydrogen) atoms. The van der Waals surface area contributed by atoms with E-state index in [4.69, 9.17) is 9.47 Å². The van der Waals surface area contributed by atoms with Crippen molar-refractivity contribution in [2.75, 3.05) is 27.8 Å². The Balaban J connectivity index is 2.92. The molecule has 0 fully saturated rings. The van der Waals surface area contributed by atoms with E-state index in [0.717, 1.165) is 6.42 Å². The maximum Gasteiger partial charge on any atom is 0.257 e. The molecule has 1 unspecified atom stereocenters. The molecule has 0 N–H and O–H groups in total. The van der Waals surface area contributed by atoms with Crippen molar-refractivity contribution in [3.8, 4) is 11.5 Å². The quantitative estimate of drug-likeness (QED) is 0.753. The van der Waals surface area contributed by atoms with Crippen molar-refractivity contribution in [2.24, 2.45) is 0 Å². The van der Waals surface area contributed by atoms with Crippen molar-refractivity contribution in [3.05, 3.63) is 23.8 Å². The summed E-state index contributed by atoms with van der Waals surface area (Å²) < 4.78 is 10.5. The van der Waals surface area contributed by atoms with Crippen LogP contribution in [0.3, 0.4) is 0 Å². The molecule has 1 atom stereocenters. The van der Waals surface area contributed by atoms with Crippen LogP contribution in [-0.2, 0) is 0 Å². The van der Waals surface area contributed by atoms with Crippen LogP contribution in [0.15, 0.2) is 18.2 Å². The summed E-state index contributed by atoms with van der Waals surface area (Å²) in [6, 6.07) is 5.31. The van der Waals surface area contributed by atoms with E-state index in [1.807, 2.05) is 0 Å². The first kappa shape index (κ1) is 15.8. The Bertz CT molecular complexity index is 435. The number of amides is 1. The Morgan fingerprint density at radius 2 is 2.05 bits per heavy atom. The Morgan fingerprint density at radius 3 is 2.58 bits per heavy atom. The third-order valence-corrected chi connectivity index (χ3v) is 3.30. The van der Waals surface area contributed by atoms with Gasteiger partial charge in [-0.25, -0.2) is 0 Å². The van der Waals surface area contributed by atoms with Gasteiger partial charge in [0.25, 0.3) is 5.91 Å². The molecule has 5 heteroatoms. The molecular formula is C14H20BrNO3. The molecule has 0 saturated heterocycles. The van der Waals surface area contributed by atoms with Gasteiger partial charge in [0, 0.05) is 18.4 Å². The summed E-state index contributed by atoms with van der Waals surface area (Å²) in [5, 5.41) is 0. The number of halogens is 1. The van der Waals surface area contributed by atoms with E-state index in [-0.39, 0.29) is 5.91 Å². The van der Waals surface area contributed by atoms with Gasteiger partial charge in [0.1, 0.15) is 0 Å². The number of benzene rings is 1. The van der Waals surface area contributed by atoms with Crippen molar-refractivity contribution in [3.63, 3.8) is 0 Å². The molecule has 0 aliphatic heterocycles. The maximum absolute atomic E-state index is 12.4. The zero-order chi connectivity index (χ0) is 14.4. The summed E-state index contributed by atoms with van der Waals surface area (Å²) in [5.74, 6) is 0.980. The van der Waals surface area contributed by atoms with E-state index in [2.05, 4.69) is 22.9 Å². The number of hydrogen-bond acceptors (Lipinski definition) is 3. The van der Waals surface area contributed by atoms with Crippen LogP contribution in [0, 0.1) is 0 Å². The minimum absolute atomic E-state index is 0.0658. The zero-order valence-corrected chi connectivity index (χ0v) is 13.4. The standard InChI is InChI=1S/C14H20BrNO3/c1-10(15)8-9-16(2)14(17)11-6-5-7-12(18-3)13(11)19-4/h5-7,10H,8-9H2,1-4H3. The number of ether oxygens (including phenoxy) is 2. The van der Waals surface area contributed by atoms with Crippen molar-refractivity contribution in [1.82, 2.24) is 4.90 Å². The lowest BCUT2D eigenvalue weighted by Gasteiger charge is -2.20. The first-order chi connectivity index (χ1) is 9.01. The molecule has 0 bridgehead atoms. The summed E-state index contributed by atoms with van der Waals surface area (Å²) in [4.78, 5) is 14.5. The molecule has 0 radical (unpaired) electrons. The Morgan fingerprint density at radius 1 is 1.37 bits per heavy atom. The molecule has 106 valence electrons. The van der Waals surface area contributed by atoms with Crippen LogP contribution in [0.4, 0.5) is 0 Å². The number of methoxy groups -OCH3 is 2. The summed E-state index contributed by atoms with van der Waals surface area (Å²) >= 11 is 3.48. The van der Waals surface area contributed by atoms with Crippen LogP contribution in [0.1, 0.15) is 23.7 Å². The molecule has 4 nitrogen and oxygen atoms in total. The van der Waals surface area contributed by atoms with E-state index in [9.17, 15) is 4.79 Å². The molecule has 0 aliphatic carbocycles. The molecule has 0 heterocycles. The second kappa shape index (κ2) is 7.38. The molecular weight excluding hydrogens is 310 g/mol. The molecule has 0 saturated carbocycles. The summed E-state index contributed by atoms with van der Waals surface area (Å²) in [7, 11) is 4.88. The van der Waals surface area contributed by atoms with Gasteiger partial charge in [-0.05, 0) is 18.6 Å². The van der Waals surface area contributed by atoms with E-state index in [1.54, 1.807) is 37.3 Å². The number of alkyl halides is 1. The fourth-order valence-corrected chi connectivity index (χ4v) is 1.94. The molecule has 0 spiro atoms. The second-order valence-corrected chi connectivity index (χ2v) is 5.90. The predicted octanol–water partition coefficient (Wildman–Crippen LogP) is 2.95. The van der Waals surface area contributed by atoms with E-state index >= 15 is 0 Å². The number of hydrogen-bond donors (Lipinski definition) is 0. The normalized spacial score (nSPS) is 11.8. The van der Waals surface area contributed by atoms with Crippen LogP contribution in [0.5, 0.6) is 11.5 Å². The molecule has 0 aromatic heterocycles. The molecule has 0 aliphatic rings. The maximum atomic E-state index is 12.4. The Kier molecular flexibility index (Phi) is 6.15. The number of carbonyl (C=O) groups is 1.